The van der Waals surface area contributed by atoms with Crippen LogP contribution >= 0.6 is 0 Å². The highest BCUT2D eigenvalue weighted by Gasteiger charge is 2.42. The summed E-state index contributed by atoms with van der Waals surface area (Å²) >= 11 is 0. The molecule has 0 saturated carbocycles. The maximum Gasteiger partial charge on any atom is 0.137 e. The Morgan fingerprint density at radius 3 is 2.71 bits per heavy atom. The first-order chi connectivity index (χ1) is 16.3. The van der Waals surface area contributed by atoms with Crippen molar-refractivity contribution in [1.29, 1.82) is 0 Å². The van der Waals surface area contributed by atoms with Crippen molar-refractivity contribution in [2.75, 3.05) is 26.3 Å². The second-order valence-corrected chi connectivity index (χ2v) is 9.33. The van der Waals surface area contributed by atoms with E-state index in [-0.39, 0.29) is 6.61 Å². The number of benzene rings is 2. The zero-order chi connectivity index (χ0) is 24.1. The molecule has 0 aliphatic carbocycles. The van der Waals surface area contributed by atoms with Gasteiger partial charge in [-0.3, -0.25) is 9.58 Å². The third-order valence-corrected chi connectivity index (χ3v) is 6.63. The van der Waals surface area contributed by atoms with E-state index in [4.69, 9.17) is 9.47 Å². The quantitative estimate of drug-likeness (QED) is 0.505. The molecule has 7 nitrogen and oxygen atoms in total. The molecule has 1 aromatic heterocycles. The van der Waals surface area contributed by atoms with Crippen LogP contribution in [-0.4, -0.2) is 62.9 Å². The topological polar surface area (TPSA) is 80.0 Å². The lowest BCUT2D eigenvalue weighted by Crippen LogP contribution is -2.59. The van der Waals surface area contributed by atoms with Gasteiger partial charge in [-0.15, -0.1) is 0 Å². The van der Waals surface area contributed by atoms with Gasteiger partial charge in [-0.05, 0) is 67.6 Å². The van der Waals surface area contributed by atoms with Gasteiger partial charge in [0.1, 0.15) is 30.3 Å². The zero-order valence-electron chi connectivity index (χ0n) is 20.3. The Kier molecular flexibility index (Phi) is 7.56. The van der Waals surface area contributed by atoms with Crippen molar-refractivity contribution < 1.29 is 19.7 Å². The Labute approximate surface area is 201 Å². The maximum absolute atomic E-state index is 11.3. The third kappa shape index (κ3) is 5.78. The smallest absolute Gasteiger partial charge is 0.137 e. The van der Waals surface area contributed by atoms with Crippen LogP contribution in [0.5, 0.6) is 11.5 Å². The summed E-state index contributed by atoms with van der Waals surface area (Å²) in [7, 11) is 0. The molecule has 34 heavy (non-hydrogen) atoms. The summed E-state index contributed by atoms with van der Waals surface area (Å²) in [5, 5.41) is 26.1. The lowest BCUT2D eigenvalue weighted by Gasteiger charge is -2.42. The van der Waals surface area contributed by atoms with E-state index < -0.39 is 11.7 Å². The van der Waals surface area contributed by atoms with Crippen LogP contribution in [0.2, 0.25) is 0 Å². The number of likely N-dealkylation sites (tertiary alicyclic amines) is 1. The van der Waals surface area contributed by atoms with Gasteiger partial charge in [-0.25, -0.2) is 0 Å². The fourth-order valence-corrected chi connectivity index (χ4v) is 4.45. The fraction of sp³-hybridized carbons (Fsp3) is 0.444. The first-order valence-corrected chi connectivity index (χ1v) is 11.9. The zero-order valence-corrected chi connectivity index (χ0v) is 20.3. The fourth-order valence-electron chi connectivity index (χ4n) is 4.45. The number of aliphatic hydroxyl groups is 2. The lowest BCUT2D eigenvalue weighted by molar-refractivity contribution is -0.140. The molecule has 7 heteroatoms. The normalized spacial score (nSPS) is 20.9. The summed E-state index contributed by atoms with van der Waals surface area (Å²) < 4.78 is 13.8. The summed E-state index contributed by atoms with van der Waals surface area (Å²) in [5.74, 6) is 1.60. The Balaban J connectivity index is 1.36. The Morgan fingerprint density at radius 2 is 1.91 bits per heavy atom. The van der Waals surface area contributed by atoms with Gasteiger partial charge in [0.2, 0.25) is 0 Å². The van der Waals surface area contributed by atoms with Gasteiger partial charge in [-0.2, -0.15) is 5.10 Å². The SMILES string of the molecule is Cc1ccc(C)c(OC[C@@]2(O)CN(Cc3cccc(OCCn4cccn4)c3)CC[C@@H]2O)c1C. The molecule has 2 N–H and O–H groups in total. The van der Waals surface area contributed by atoms with Crippen molar-refractivity contribution in [3.63, 3.8) is 0 Å². The number of piperidine rings is 1. The number of ether oxygens (including phenoxy) is 2. The van der Waals surface area contributed by atoms with E-state index in [1.807, 2.05) is 62.0 Å². The number of nitrogens with zero attached hydrogens (tertiary/aromatic N) is 3. The van der Waals surface area contributed by atoms with E-state index in [1.54, 1.807) is 6.20 Å². The highest BCUT2D eigenvalue weighted by Crippen LogP contribution is 2.29. The highest BCUT2D eigenvalue weighted by atomic mass is 16.5. The van der Waals surface area contributed by atoms with Crippen LogP contribution in [-0.2, 0) is 13.1 Å². The molecule has 2 atom stereocenters. The van der Waals surface area contributed by atoms with Gasteiger partial charge >= 0.3 is 0 Å². The number of hydrogen-bond acceptors (Lipinski definition) is 6. The van der Waals surface area contributed by atoms with Crippen LogP contribution in [0.3, 0.4) is 0 Å². The van der Waals surface area contributed by atoms with E-state index in [0.717, 1.165) is 33.8 Å². The minimum atomic E-state index is -1.33. The van der Waals surface area contributed by atoms with E-state index >= 15 is 0 Å². The maximum atomic E-state index is 11.3. The molecule has 1 aliphatic rings. The molecule has 2 heterocycles. The molecule has 2 aromatic carbocycles. The van der Waals surface area contributed by atoms with Crippen molar-refractivity contribution in [2.45, 2.75) is 52.0 Å². The molecule has 0 bridgehead atoms. The molecule has 1 fully saturated rings. The van der Waals surface area contributed by atoms with E-state index in [2.05, 4.69) is 22.1 Å². The van der Waals surface area contributed by atoms with Crippen LogP contribution in [0, 0.1) is 20.8 Å². The first-order valence-electron chi connectivity index (χ1n) is 11.9. The monoisotopic (exact) mass is 465 g/mol. The molecule has 182 valence electrons. The van der Waals surface area contributed by atoms with E-state index in [0.29, 0.717) is 39.2 Å². The highest BCUT2D eigenvalue weighted by molar-refractivity contribution is 5.44. The second-order valence-electron chi connectivity index (χ2n) is 9.33. The molecule has 0 unspecified atom stereocenters. The van der Waals surface area contributed by atoms with Gasteiger partial charge in [0.15, 0.2) is 0 Å². The summed E-state index contributed by atoms with van der Waals surface area (Å²) in [6.07, 6.45) is 3.33. The van der Waals surface area contributed by atoms with Gasteiger partial charge in [-0.1, -0.05) is 24.3 Å². The summed E-state index contributed by atoms with van der Waals surface area (Å²) in [6.45, 7) is 9.04. The largest absolute Gasteiger partial charge is 0.492 e. The van der Waals surface area contributed by atoms with Crippen molar-refractivity contribution in [3.8, 4) is 11.5 Å². The third-order valence-electron chi connectivity index (χ3n) is 6.63. The van der Waals surface area contributed by atoms with Crippen LogP contribution in [0.1, 0.15) is 28.7 Å². The summed E-state index contributed by atoms with van der Waals surface area (Å²) in [5.41, 5.74) is 3.00. The summed E-state index contributed by atoms with van der Waals surface area (Å²) in [6, 6.07) is 14.0. The minimum Gasteiger partial charge on any atom is -0.492 e. The number of rotatable bonds is 9. The van der Waals surface area contributed by atoms with Gasteiger partial charge in [0, 0.05) is 32.0 Å². The van der Waals surface area contributed by atoms with Crippen LogP contribution in [0.15, 0.2) is 54.9 Å². The van der Waals surface area contributed by atoms with Crippen LogP contribution in [0.25, 0.3) is 0 Å². The Hall–Kier alpha value is -2.87. The molecule has 1 saturated heterocycles. The Morgan fingerprint density at radius 1 is 1.09 bits per heavy atom. The van der Waals surface area contributed by atoms with E-state index in [9.17, 15) is 10.2 Å². The summed E-state index contributed by atoms with van der Waals surface area (Å²) in [4.78, 5) is 2.16. The number of β-amino-alcohol motifs (C(OH)–C–C–N with tert-alkyl or cyclic N) is 1. The minimum absolute atomic E-state index is 0.0480. The predicted octanol–water partition coefficient (Wildman–Crippen LogP) is 3.26. The molecule has 1 aliphatic heterocycles. The van der Waals surface area contributed by atoms with Gasteiger partial charge in [0.05, 0.1) is 12.6 Å². The number of aromatic nitrogens is 2. The molecule has 0 radical (unpaired) electrons. The second kappa shape index (κ2) is 10.6. The van der Waals surface area contributed by atoms with Crippen molar-refractivity contribution in [3.05, 3.63) is 77.1 Å². The first kappa shape index (κ1) is 24.3. The Bertz CT molecular complexity index is 1090. The average Bonchev–Trinajstić information content (AvgIpc) is 3.33. The predicted molar refractivity (Wildman–Crippen MR) is 131 cm³/mol. The molecular weight excluding hydrogens is 430 g/mol. The number of hydrogen-bond donors (Lipinski definition) is 2. The van der Waals surface area contributed by atoms with Gasteiger partial charge < -0.3 is 19.7 Å². The number of aryl methyl sites for hydroxylation is 2. The van der Waals surface area contributed by atoms with Crippen molar-refractivity contribution >= 4 is 0 Å². The molecular formula is C27H35N3O4. The van der Waals surface area contributed by atoms with E-state index in [1.165, 1.54) is 0 Å². The lowest BCUT2D eigenvalue weighted by atomic mass is 9.90. The molecule has 0 amide bonds. The van der Waals surface area contributed by atoms with Crippen molar-refractivity contribution in [1.82, 2.24) is 14.7 Å². The average molecular weight is 466 g/mol. The molecule has 4 rings (SSSR count). The standard InChI is InChI=1S/C27H35N3O4/c1-20-8-9-21(2)26(22(20)3)34-19-27(32)18-29(13-10-25(27)31)17-23-6-4-7-24(16-23)33-15-14-30-12-5-11-28-30/h4-9,11-12,16,25,31-32H,10,13-15,17-19H2,1-3H3/t25-,27-/m0/s1. The molecule has 3 aromatic rings. The van der Waals surface area contributed by atoms with Crippen LogP contribution < -0.4 is 9.47 Å². The molecule has 0 spiro atoms. The van der Waals surface area contributed by atoms with Crippen molar-refractivity contribution in [2.24, 2.45) is 0 Å². The van der Waals surface area contributed by atoms with Crippen LogP contribution in [0.4, 0.5) is 0 Å². The van der Waals surface area contributed by atoms with Gasteiger partial charge in [0.25, 0.3) is 0 Å². The number of aliphatic hydroxyl groups excluding tert-OH is 1.